The zero-order valence-corrected chi connectivity index (χ0v) is 13.3. The van der Waals surface area contributed by atoms with Crippen molar-refractivity contribution in [1.29, 1.82) is 0 Å². The van der Waals surface area contributed by atoms with E-state index in [9.17, 15) is 4.79 Å². The Balaban J connectivity index is 1.63. The van der Waals surface area contributed by atoms with Crippen molar-refractivity contribution in [2.75, 3.05) is 5.32 Å². The highest BCUT2D eigenvalue weighted by atomic mass is 16.1. The first-order chi connectivity index (χ1) is 12.2. The summed E-state index contributed by atoms with van der Waals surface area (Å²) in [7, 11) is 0. The third kappa shape index (κ3) is 4.43. The van der Waals surface area contributed by atoms with Crippen molar-refractivity contribution in [1.82, 2.24) is 14.8 Å². The van der Waals surface area contributed by atoms with Crippen LogP contribution in [0, 0.1) is 0 Å². The van der Waals surface area contributed by atoms with Gasteiger partial charge in [-0.2, -0.15) is 5.10 Å². The largest absolute Gasteiger partial charge is 0.380 e. The van der Waals surface area contributed by atoms with Gasteiger partial charge >= 0.3 is 0 Å². The summed E-state index contributed by atoms with van der Waals surface area (Å²) in [6, 6.07) is 14.7. The Morgan fingerprint density at radius 3 is 2.72 bits per heavy atom. The molecule has 124 valence electrons. The molecule has 2 heterocycles. The highest BCUT2D eigenvalue weighted by molar-refractivity contribution is 5.47. The van der Waals surface area contributed by atoms with Crippen LogP contribution in [-0.2, 0) is 13.1 Å². The third-order valence-corrected chi connectivity index (χ3v) is 3.56. The summed E-state index contributed by atoms with van der Waals surface area (Å²) < 4.78 is 1.66. The van der Waals surface area contributed by atoms with Crippen LogP contribution in [0.3, 0.4) is 0 Å². The van der Waals surface area contributed by atoms with Crippen LogP contribution in [-0.4, -0.2) is 14.8 Å². The zero-order valence-electron chi connectivity index (χ0n) is 13.3. The van der Waals surface area contributed by atoms with Crippen molar-refractivity contribution in [2.45, 2.75) is 13.1 Å². The molecule has 0 unspecified atom stereocenters. The lowest BCUT2D eigenvalue weighted by atomic mass is 10.1. The lowest BCUT2D eigenvalue weighted by Gasteiger charge is -2.08. The molecule has 1 N–H and O–H groups in total. The van der Waals surface area contributed by atoms with Gasteiger partial charge in [-0.25, -0.2) is 0 Å². The van der Waals surface area contributed by atoms with E-state index in [2.05, 4.69) is 25.5 Å². The van der Waals surface area contributed by atoms with E-state index in [-0.39, 0.29) is 11.4 Å². The second-order valence-corrected chi connectivity index (χ2v) is 5.33. The molecule has 0 bridgehead atoms. The minimum Gasteiger partial charge on any atom is -0.380 e. The summed E-state index contributed by atoms with van der Waals surface area (Å²) in [5, 5.41) is 14.1. The minimum absolute atomic E-state index is 0.0192. The van der Waals surface area contributed by atoms with Gasteiger partial charge in [0.1, 0.15) is 0 Å². The van der Waals surface area contributed by atoms with Gasteiger partial charge in [-0.05, 0) is 33.9 Å². The number of pyridine rings is 1. The number of aromatic nitrogens is 3. The topological polar surface area (TPSA) is 109 Å². The van der Waals surface area contributed by atoms with Crippen molar-refractivity contribution in [3.05, 3.63) is 92.8 Å². The van der Waals surface area contributed by atoms with Crippen LogP contribution in [0.1, 0.15) is 11.1 Å². The Morgan fingerprint density at radius 2 is 1.96 bits per heavy atom. The Morgan fingerprint density at radius 1 is 1.16 bits per heavy atom. The summed E-state index contributed by atoms with van der Waals surface area (Å²) in [4.78, 5) is 14.4. The Kier molecular flexibility index (Phi) is 5.04. The number of hydrogen-bond donors (Lipinski definition) is 1. The van der Waals surface area contributed by atoms with E-state index in [1.165, 1.54) is 0 Å². The normalized spacial score (nSPS) is 10.1. The summed E-state index contributed by atoms with van der Waals surface area (Å²) in [6.07, 6.45) is 3.34. The number of anilines is 1. The molecule has 0 fully saturated rings. The van der Waals surface area contributed by atoms with Crippen molar-refractivity contribution in [2.24, 2.45) is 5.11 Å². The van der Waals surface area contributed by atoms with Gasteiger partial charge in [-0.3, -0.25) is 4.79 Å². The monoisotopic (exact) mass is 333 g/mol. The number of nitrogens with one attached hydrogen (secondary N) is 1. The third-order valence-electron chi connectivity index (χ3n) is 3.56. The molecule has 0 saturated heterocycles. The second-order valence-electron chi connectivity index (χ2n) is 5.33. The second kappa shape index (κ2) is 7.76. The first kappa shape index (κ1) is 16.2. The molecule has 3 rings (SSSR count). The molecule has 0 aliphatic heterocycles. The smallest absolute Gasteiger partial charge is 0.250 e. The van der Waals surface area contributed by atoms with E-state index in [0.29, 0.717) is 13.1 Å². The summed E-state index contributed by atoms with van der Waals surface area (Å²) >= 11 is 0. The van der Waals surface area contributed by atoms with E-state index in [1.54, 1.807) is 35.2 Å². The van der Waals surface area contributed by atoms with Crippen molar-refractivity contribution >= 4 is 11.5 Å². The molecule has 0 saturated carbocycles. The van der Waals surface area contributed by atoms with E-state index < -0.39 is 0 Å². The van der Waals surface area contributed by atoms with Crippen molar-refractivity contribution in [3.63, 3.8) is 0 Å². The van der Waals surface area contributed by atoms with Gasteiger partial charge in [-0.1, -0.05) is 30.3 Å². The average Bonchev–Trinajstić information content (AvgIpc) is 2.64. The number of hydrogen-bond acceptors (Lipinski definition) is 5. The fourth-order valence-electron chi connectivity index (χ4n) is 2.30. The lowest BCUT2D eigenvalue weighted by molar-refractivity contribution is 0.759. The van der Waals surface area contributed by atoms with Gasteiger partial charge in [-0.15, -0.1) is 5.10 Å². The van der Waals surface area contributed by atoms with Crippen LogP contribution in [0.2, 0.25) is 0 Å². The molecule has 0 aliphatic rings. The van der Waals surface area contributed by atoms with E-state index in [1.807, 2.05) is 30.3 Å². The van der Waals surface area contributed by atoms with Crippen LogP contribution >= 0.6 is 0 Å². The van der Waals surface area contributed by atoms with Gasteiger partial charge < -0.3 is 9.88 Å². The van der Waals surface area contributed by atoms with Gasteiger partial charge in [0.2, 0.25) is 0 Å². The maximum Gasteiger partial charge on any atom is 0.250 e. The fraction of sp³-hybridized carbons (Fsp3) is 0.118. The maximum atomic E-state index is 11.7. The Labute approximate surface area is 143 Å². The molecular formula is C17H15N7O. The number of benzene rings is 1. The average molecular weight is 333 g/mol. The summed E-state index contributed by atoms with van der Waals surface area (Å²) in [6.45, 7) is 1.13. The van der Waals surface area contributed by atoms with E-state index in [4.69, 9.17) is 5.53 Å². The van der Waals surface area contributed by atoms with Crippen LogP contribution in [0.25, 0.3) is 10.4 Å². The standard InChI is InChI=1S/C17H15N7O/c18-23-22-16-9-15(11-20-21-16)19-10-13-4-6-14(7-5-13)12-24-8-2-1-3-17(24)25/h1-9,11H,10,12H2,(H,19,21). The summed E-state index contributed by atoms with van der Waals surface area (Å²) in [5.74, 6) is 0.219. The van der Waals surface area contributed by atoms with Crippen LogP contribution in [0.4, 0.5) is 11.5 Å². The molecule has 1 aromatic carbocycles. The quantitative estimate of drug-likeness (QED) is 0.424. The van der Waals surface area contributed by atoms with Crippen LogP contribution < -0.4 is 10.9 Å². The van der Waals surface area contributed by atoms with Crippen molar-refractivity contribution in [3.8, 4) is 0 Å². The predicted molar refractivity (Wildman–Crippen MR) is 94.4 cm³/mol. The van der Waals surface area contributed by atoms with E-state index >= 15 is 0 Å². The molecule has 3 aromatic rings. The molecule has 0 amide bonds. The first-order valence-corrected chi connectivity index (χ1v) is 7.59. The highest BCUT2D eigenvalue weighted by Crippen LogP contribution is 2.14. The summed E-state index contributed by atoms with van der Waals surface area (Å²) in [5.41, 5.74) is 11.2. The molecule has 0 aliphatic carbocycles. The molecule has 8 heteroatoms. The van der Waals surface area contributed by atoms with Gasteiger partial charge in [0, 0.05) is 23.7 Å². The molecule has 25 heavy (non-hydrogen) atoms. The number of nitrogens with zero attached hydrogens (tertiary/aromatic N) is 6. The molecule has 8 nitrogen and oxygen atoms in total. The maximum absolute atomic E-state index is 11.7. The van der Waals surface area contributed by atoms with Gasteiger partial charge in [0.05, 0.1) is 18.4 Å². The Hall–Kier alpha value is -3.64. The van der Waals surface area contributed by atoms with Gasteiger partial charge in [0.25, 0.3) is 5.56 Å². The lowest BCUT2D eigenvalue weighted by Crippen LogP contribution is -2.18. The number of azide groups is 1. The fourth-order valence-corrected chi connectivity index (χ4v) is 2.30. The van der Waals surface area contributed by atoms with Crippen LogP contribution in [0.5, 0.6) is 0 Å². The molecule has 0 radical (unpaired) electrons. The van der Waals surface area contributed by atoms with Gasteiger partial charge in [0.15, 0.2) is 5.82 Å². The molecule has 2 aromatic heterocycles. The predicted octanol–water partition coefficient (Wildman–Crippen LogP) is 3.24. The molecule has 0 atom stereocenters. The SMILES string of the molecule is [N-]=[N+]=Nc1cc(NCc2ccc(Cn3ccccc3=O)cc2)cnn1. The molecule has 0 spiro atoms. The minimum atomic E-state index is -0.0192. The number of rotatable bonds is 6. The van der Waals surface area contributed by atoms with Crippen LogP contribution in [0.15, 0.2) is 70.8 Å². The van der Waals surface area contributed by atoms with Crippen molar-refractivity contribution < 1.29 is 0 Å². The Bertz CT molecular complexity index is 959. The highest BCUT2D eigenvalue weighted by Gasteiger charge is 2.00. The molecular weight excluding hydrogens is 318 g/mol. The van der Waals surface area contributed by atoms with E-state index in [0.717, 1.165) is 16.8 Å². The zero-order chi connectivity index (χ0) is 17.5. The first-order valence-electron chi connectivity index (χ1n) is 7.59.